The number of hydrogen-bond donors (Lipinski definition) is 1. The zero-order chi connectivity index (χ0) is 23.3. The maximum absolute atomic E-state index is 11.8. The summed E-state index contributed by atoms with van der Waals surface area (Å²) < 4.78 is 5.51. The predicted octanol–water partition coefficient (Wildman–Crippen LogP) is 6.99. The Labute approximate surface area is 196 Å². The molecule has 4 rings (SSSR count). The lowest BCUT2D eigenvalue weighted by atomic mass is 9.49. The highest BCUT2D eigenvalue weighted by atomic mass is 16.5. The van der Waals surface area contributed by atoms with Crippen LogP contribution in [0, 0.1) is 34.5 Å². The SMILES string of the molecule is CC(=O)O[C@H]1CC[C@]2(C)[C@H]3CC[C@@]4(C)C(=C3C=C[C@@]2(O)C1)CC[C@@H]4[C@H](C)CCCC(C)C. The van der Waals surface area contributed by atoms with Crippen molar-refractivity contribution >= 4 is 5.97 Å². The molecule has 0 spiro atoms. The van der Waals surface area contributed by atoms with Gasteiger partial charge in [-0.2, -0.15) is 0 Å². The lowest BCUT2D eigenvalue weighted by Gasteiger charge is -2.58. The monoisotopic (exact) mass is 442 g/mol. The third kappa shape index (κ3) is 3.91. The first-order valence-electron chi connectivity index (χ1n) is 13.3. The van der Waals surface area contributed by atoms with E-state index in [0.717, 1.165) is 30.6 Å². The standard InChI is InChI=1S/C29H46O3/c1-19(2)8-7-9-20(3)24-10-11-25-23-13-17-29(31)18-22(32-21(4)30)12-16-28(29,6)26(23)14-15-27(24,25)5/h13,17,19-20,22,24,26,31H,7-12,14-16,18H2,1-6H3/t20-,22+,24-,26+,27-,28-,29-/m1/s1. The maximum Gasteiger partial charge on any atom is 0.302 e. The van der Waals surface area contributed by atoms with Gasteiger partial charge < -0.3 is 9.84 Å². The van der Waals surface area contributed by atoms with Crippen LogP contribution in [0.2, 0.25) is 0 Å². The first-order chi connectivity index (χ1) is 15.0. The molecule has 0 aromatic rings. The Bertz CT molecular complexity index is 794. The first kappa shape index (κ1) is 24.0. The minimum absolute atomic E-state index is 0.164. The van der Waals surface area contributed by atoms with Gasteiger partial charge in [-0.3, -0.25) is 4.79 Å². The van der Waals surface area contributed by atoms with Gasteiger partial charge in [0.15, 0.2) is 0 Å². The highest BCUT2D eigenvalue weighted by Gasteiger charge is 2.60. The van der Waals surface area contributed by atoms with Crippen molar-refractivity contribution in [3.63, 3.8) is 0 Å². The van der Waals surface area contributed by atoms with E-state index in [1.807, 2.05) is 0 Å². The third-order valence-electron chi connectivity index (χ3n) is 10.2. The topological polar surface area (TPSA) is 46.5 Å². The van der Waals surface area contributed by atoms with Crippen LogP contribution in [0.1, 0.15) is 106 Å². The summed E-state index contributed by atoms with van der Waals surface area (Å²) in [5.74, 6) is 2.57. The van der Waals surface area contributed by atoms with Crippen LogP contribution in [0.25, 0.3) is 0 Å². The van der Waals surface area contributed by atoms with Crippen LogP contribution >= 0.6 is 0 Å². The molecule has 0 amide bonds. The van der Waals surface area contributed by atoms with E-state index < -0.39 is 5.60 Å². The summed E-state index contributed by atoms with van der Waals surface area (Å²) in [5.41, 5.74) is 2.54. The zero-order valence-corrected chi connectivity index (χ0v) is 21.4. The number of carbonyl (C=O) groups excluding carboxylic acids is 1. The maximum atomic E-state index is 11.8. The van der Waals surface area contributed by atoms with Gasteiger partial charge in [-0.05, 0) is 73.2 Å². The Morgan fingerprint density at radius 3 is 2.59 bits per heavy atom. The Balaban J connectivity index is 1.58. The average Bonchev–Trinajstić information content (AvgIpc) is 3.05. The molecule has 0 aromatic carbocycles. The largest absolute Gasteiger partial charge is 0.462 e. The average molecular weight is 443 g/mol. The van der Waals surface area contributed by atoms with E-state index in [4.69, 9.17) is 4.74 Å². The van der Waals surface area contributed by atoms with Crippen molar-refractivity contribution in [3.05, 3.63) is 23.3 Å². The third-order valence-corrected chi connectivity index (χ3v) is 10.2. The van der Waals surface area contributed by atoms with Crippen LogP contribution in [0.3, 0.4) is 0 Å². The van der Waals surface area contributed by atoms with Crippen LogP contribution in [0.5, 0.6) is 0 Å². The van der Waals surface area contributed by atoms with E-state index in [1.165, 1.54) is 51.9 Å². The molecule has 4 aliphatic rings. The molecule has 2 fully saturated rings. The van der Waals surface area contributed by atoms with Crippen LogP contribution in [0.4, 0.5) is 0 Å². The number of allylic oxidation sites excluding steroid dienone is 3. The molecular formula is C29H46O3. The summed E-state index contributed by atoms with van der Waals surface area (Å²) in [6, 6.07) is 0. The van der Waals surface area contributed by atoms with E-state index in [2.05, 4.69) is 46.8 Å². The van der Waals surface area contributed by atoms with Crippen LogP contribution in [-0.4, -0.2) is 22.8 Å². The van der Waals surface area contributed by atoms with Gasteiger partial charge in [-0.1, -0.05) is 71.6 Å². The lowest BCUT2D eigenvalue weighted by Crippen LogP contribution is -2.58. The summed E-state index contributed by atoms with van der Waals surface area (Å²) in [5, 5.41) is 11.8. The minimum atomic E-state index is -0.879. The molecule has 0 radical (unpaired) electrons. The number of fused-ring (bicyclic) bond motifs is 4. The molecule has 2 saturated carbocycles. The van der Waals surface area contributed by atoms with Gasteiger partial charge in [-0.25, -0.2) is 0 Å². The predicted molar refractivity (Wildman–Crippen MR) is 130 cm³/mol. The highest BCUT2D eigenvalue weighted by molar-refractivity contribution is 5.66. The molecule has 180 valence electrons. The molecule has 0 aliphatic heterocycles. The highest BCUT2D eigenvalue weighted by Crippen LogP contribution is 2.65. The summed E-state index contributed by atoms with van der Waals surface area (Å²) in [4.78, 5) is 11.5. The van der Waals surface area contributed by atoms with Crippen molar-refractivity contribution in [2.75, 3.05) is 0 Å². The molecule has 32 heavy (non-hydrogen) atoms. The van der Waals surface area contributed by atoms with E-state index >= 15 is 0 Å². The molecular weight excluding hydrogens is 396 g/mol. The second-order valence-electron chi connectivity index (χ2n) is 12.5. The smallest absolute Gasteiger partial charge is 0.302 e. The second kappa shape index (κ2) is 8.60. The summed E-state index contributed by atoms with van der Waals surface area (Å²) in [6.45, 7) is 13.5. The van der Waals surface area contributed by atoms with Crippen molar-refractivity contribution in [2.45, 2.75) is 117 Å². The quantitative estimate of drug-likeness (QED) is 0.451. The normalized spacial score (nSPS) is 41.8. The minimum Gasteiger partial charge on any atom is -0.462 e. The number of rotatable bonds is 6. The van der Waals surface area contributed by atoms with Crippen molar-refractivity contribution in [1.29, 1.82) is 0 Å². The Morgan fingerprint density at radius 2 is 1.91 bits per heavy atom. The zero-order valence-electron chi connectivity index (χ0n) is 21.4. The molecule has 0 saturated heterocycles. The Morgan fingerprint density at radius 1 is 1.16 bits per heavy atom. The molecule has 0 aromatic heterocycles. The van der Waals surface area contributed by atoms with Gasteiger partial charge in [0.2, 0.25) is 0 Å². The molecule has 0 heterocycles. The van der Waals surface area contributed by atoms with E-state index in [0.29, 0.717) is 17.8 Å². The van der Waals surface area contributed by atoms with E-state index in [9.17, 15) is 9.90 Å². The van der Waals surface area contributed by atoms with Crippen LogP contribution in [-0.2, 0) is 9.53 Å². The number of ether oxygens (including phenoxy) is 1. The van der Waals surface area contributed by atoms with Crippen molar-refractivity contribution in [3.8, 4) is 0 Å². The number of aliphatic hydroxyl groups is 1. The van der Waals surface area contributed by atoms with Crippen LogP contribution < -0.4 is 0 Å². The Hall–Kier alpha value is -1.09. The fraction of sp³-hybridized carbons (Fsp3) is 0.828. The van der Waals surface area contributed by atoms with Crippen molar-refractivity contribution < 1.29 is 14.6 Å². The van der Waals surface area contributed by atoms with Gasteiger partial charge in [0.1, 0.15) is 6.10 Å². The van der Waals surface area contributed by atoms with E-state index in [1.54, 1.807) is 11.1 Å². The molecule has 0 unspecified atom stereocenters. The molecule has 0 bridgehead atoms. The molecule has 3 heteroatoms. The van der Waals surface area contributed by atoms with Gasteiger partial charge in [-0.15, -0.1) is 0 Å². The lowest BCUT2D eigenvalue weighted by molar-refractivity contribution is -0.166. The van der Waals surface area contributed by atoms with Crippen LogP contribution in [0.15, 0.2) is 23.3 Å². The summed E-state index contributed by atoms with van der Waals surface area (Å²) in [6.07, 6.45) is 15.5. The molecule has 4 aliphatic carbocycles. The van der Waals surface area contributed by atoms with E-state index in [-0.39, 0.29) is 17.5 Å². The van der Waals surface area contributed by atoms with Crippen molar-refractivity contribution in [1.82, 2.24) is 0 Å². The van der Waals surface area contributed by atoms with Gasteiger partial charge in [0.05, 0.1) is 5.60 Å². The molecule has 3 nitrogen and oxygen atoms in total. The first-order valence-corrected chi connectivity index (χ1v) is 13.3. The summed E-state index contributed by atoms with van der Waals surface area (Å²) in [7, 11) is 0. The van der Waals surface area contributed by atoms with Crippen molar-refractivity contribution in [2.24, 2.45) is 34.5 Å². The number of hydrogen-bond acceptors (Lipinski definition) is 3. The fourth-order valence-corrected chi connectivity index (χ4v) is 8.25. The molecule has 7 atom stereocenters. The van der Waals surface area contributed by atoms with Gasteiger partial charge in [0.25, 0.3) is 0 Å². The summed E-state index contributed by atoms with van der Waals surface area (Å²) >= 11 is 0. The fourth-order valence-electron chi connectivity index (χ4n) is 8.25. The number of esters is 1. The van der Waals surface area contributed by atoms with Gasteiger partial charge in [0, 0.05) is 18.8 Å². The molecule has 1 N–H and O–H groups in total. The second-order valence-corrected chi connectivity index (χ2v) is 12.5. The Kier molecular flexibility index (Phi) is 6.46. The van der Waals surface area contributed by atoms with Gasteiger partial charge >= 0.3 is 5.97 Å². The number of carbonyl (C=O) groups is 1.